The van der Waals surface area contributed by atoms with E-state index in [1.807, 2.05) is 11.8 Å². The van der Waals surface area contributed by atoms with Gasteiger partial charge in [0, 0.05) is 26.7 Å². The Hall–Kier alpha value is -2.05. The molecule has 0 radical (unpaired) electrons. The molecule has 0 spiro atoms. The molecular formula is C12H21N5O2. The van der Waals surface area contributed by atoms with Gasteiger partial charge in [-0.15, -0.1) is 0 Å². The normalized spacial score (nSPS) is 10.1. The molecule has 0 saturated carbocycles. The minimum atomic E-state index is 0.00426. The number of carbonyl (C=O) groups is 1. The standard InChI is InChI=1S/C12H21N5O2/c1-5-6-17(8-11(18)16(2)3)9-7-10(19-4)15-12(13)14-9/h7H,5-6,8H2,1-4H3,(H2,13,14,15). The second-order valence-corrected chi connectivity index (χ2v) is 4.34. The topological polar surface area (TPSA) is 84.6 Å². The molecule has 0 aliphatic heterocycles. The first kappa shape index (κ1) is 15.0. The molecule has 0 bridgehead atoms. The van der Waals surface area contributed by atoms with E-state index in [0.717, 1.165) is 6.42 Å². The van der Waals surface area contributed by atoms with Gasteiger partial charge in [0.25, 0.3) is 0 Å². The third-order valence-electron chi connectivity index (χ3n) is 2.56. The van der Waals surface area contributed by atoms with Crippen LogP contribution in [0.5, 0.6) is 5.88 Å². The molecule has 1 rings (SSSR count). The van der Waals surface area contributed by atoms with E-state index in [0.29, 0.717) is 18.2 Å². The van der Waals surface area contributed by atoms with Gasteiger partial charge in [0.15, 0.2) is 0 Å². The number of nitrogens with zero attached hydrogens (tertiary/aromatic N) is 4. The number of likely N-dealkylation sites (N-methyl/N-ethyl adjacent to an activating group) is 1. The summed E-state index contributed by atoms with van der Waals surface area (Å²) < 4.78 is 5.06. The zero-order valence-electron chi connectivity index (χ0n) is 11.9. The molecule has 0 aliphatic carbocycles. The number of methoxy groups -OCH3 is 1. The Bertz CT molecular complexity index is 436. The lowest BCUT2D eigenvalue weighted by atomic mass is 10.3. The molecule has 0 aromatic carbocycles. The van der Waals surface area contributed by atoms with Crippen LogP contribution in [0.15, 0.2) is 6.07 Å². The fourth-order valence-electron chi connectivity index (χ4n) is 1.55. The second-order valence-electron chi connectivity index (χ2n) is 4.34. The van der Waals surface area contributed by atoms with Crippen molar-refractivity contribution >= 4 is 17.7 Å². The molecule has 0 atom stereocenters. The molecule has 1 amide bonds. The molecule has 0 aliphatic rings. The van der Waals surface area contributed by atoms with Crippen LogP contribution in [0, 0.1) is 0 Å². The fraction of sp³-hybridized carbons (Fsp3) is 0.583. The number of ether oxygens (including phenoxy) is 1. The van der Waals surface area contributed by atoms with Crippen molar-refractivity contribution in [3.63, 3.8) is 0 Å². The minimum absolute atomic E-state index is 0.00426. The number of rotatable bonds is 6. The Kier molecular flexibility index (Phi) is 5.35. The fourth-order valence-corrected chi connectivity index (χ4v) is 1.55. The third-order valence-corrected chi connectivity index (χ3v) is 2.56. The maximum Gasteiger partial charge on any atom is 0.241 e. The van der Waals surface area contributed by atoms with Crippen molar-refractivity contribution in [1.29, 1.82) is 0 Å². The van der Waals surface area contributed by atoms with Crippen molar-refractivity contribution in [2.45, 2.75) is 13.3 Å². The lowest BCUT2D eigenvalue weighted by Gasteiger charge is -2.24. The van der Waals surface area contributed by atoms with E-state index < -0.39 is 0 Å². The van der Waals surface area contributed by atoms with Gasteiger partial charge in [0.05, 0.1) is 13.7 Å². The molecule has 1 aromatic rings. The second kappa shape index (κ2) is 6.77. The highest BCUT2D eigenvalue weighted by Crippen LogP contribution is 2.18. The summed E-state index contributed by atoms with van der Waals surface area (Å²) in [6.07, 6.45) is 0.896. The first-order valence-corrected chi connectivity index (χ1v) is 6.11. The smallest absolute Gasteiger partial charge is 0.241 e. The summed E-state index contributed by atoms with van der Waals surface area (Å²) in [6, 6.07) is 1.68. The van der Waals surface area contributed by atoms with Crippen molar-refractivity contribution in [2.24, 2.45) is 0 Å². The zero-order chi connectivity index (χ0) is 14.4. The highest BCUT2D eigenvalue weighted by molar-refractivity contribution is 5.80. The first-order chi connectivity index (χ1) is 8.97. The first-order valence-electron chi connectivity index (χ1n) is 6.11. The number of hydrogen-bond donors (Lipinski definition) is 1. The highest BCUT2D eigenvalue weighted by Gasteiger charge is 2.15. The van der Waals surface area contributed by atoms with Gasteiger partial charge < -0.3 is 20.3 Å². The van der Waals surface area contributed by atoms with Crippen LogP contribution < -0.4 is 15.4 Å². The summed E-state index contributed by atoms with van der Waals surface area (Å²) in [4.78, 5) is 23.3. The van der Waals surface area contributed by atoms with Crippen LogP contribution in [0.1, 0.15) is 13.3 Å². The van der Waals surface area contributed by atoms with Crippen LogP contribution in [-0.2, 0) is 4.79 Å². The predicted octanol–water partition coefficient (Wildman–Crippen LogP) is 0.372. The van der Waals surface area contributed by atoms with Gasteiger partial charge in [-0.2, -0.15) is 9.97 Å². The van der Waals surface area contributed by atoms with Crippen molar-refractivity contribution in [2.75, 3.05) is 44.9 Å². The number of hydrogen-bond acceptors (Lipinski definition) is 6. The Morgan fingerprint density at radius 2 is 2.11 bits per heavy atom. The van der Waals surface area contributed by atoms with Crippen LogP contribution in [0.25, 0.3) is 0 Å². The van der Waals surface area contributed by atoms with Gasteiger partial charge in [-0.3, -0.25) is 4.79 Å². The Morgan fingerprint density at radius 3 is 2.63 bits per heavy atom. The average Bonchev–Trinajstić information content (AvgIpc) is 2.37. The van der Waals surface area contributed by atoms with Crippen LogP contribution >= 0.6 is 0 Å². The lowest BCUT2D eigenvalue weighted by Crippen LogP contribution is -2.37. The summed E-state index contributed by atoms with van der Waals surface area (Å²) >= 11 is 0. The van der Waals surface area contributed by atoms with Gasteiger partial charge in [-0.25, -0.2) is 0 Å². The van der Waals surface area contributed by atoms with E-state index in [1.165, 1.54) is 7.11 Å². The summed E-state index contributed by atoms with van der Waals surface area (Å²) in [5.74, 6) is 1.12. The van der Waals surface area contributed by atoms with Crippen LogP contribution in [0.3, 0.4) is 0 Å². The van der Waals surface area contributed by atoms with Gasteiger partial charge >= 0.3 is 0 Å². The Labute approximate surface area is 113 Å². The van der Waals surface area contributed by atoms with Crippen LogP contribution in [0.2, 0.25) is 0 Å². The number of nitrogen functional groups attached to an aromatic ring is 1. The molecular weight excluding hydrogens is 246 g/mol. The van der Waals surface area contributed by atoms with Gasteiger partial charge in [0.2, 0.25) is 17.7 Å². The maximum absolute atomic E-state index is 11.8. The van der Waals surface area contributed by atoms with E-state index >= 15 is 0 Å². The summed E-state index contributed by atoms with van der Waals surface area (Å²) in [5, 5.41) is 0. The molecule has 0 unspecified atom stereocenters. The minimum Gasteiger partial charge on any atom is -0.481 e. The van der Waals surface area contributed by atoms with Crippen LogP contribution in [-0.4, -0.2) is 55.1 Å². The molecule has 1 heterocycles. The average molecular weight is 267 g/mol. The zero-order valence-corrected chi connectivity index (χ0v) is 11.9. The number of carbonyl (C=O) groups excluding carboxylic acids is 1. The molecule has 0 saturated heterocycles. The Balaban J connectivity index is 2.97. The summed E-state index contributed by atoms with van der Waals surface area (Å²) in [5.41, 5.74) is 5.64. The van der Waals surface area contributed by atoms with E-state index in [9.17, 15) is 4.79 Å². The van der Waals surface area contributed by atoms with Crippen LogP contribution in [0.4, 0.5) is 11.8 Å². The number of aromatic nitrogens is 2. The summed E-state index contributed by atoms with van der Waals surface area (Å²) in [6.45, 7) is 2.99. The van der Waals surface area contributed by atoms with Crippen molar-refractivity contribution in [3.8, 4) is 5.88 Å². The largest absolute Gasteiger partial charge is 0.481 e. The van der Waals surface area contributed by atoms with Gasteiger partial charge in [0.1, 0.15) is 5.82 Å². The van der Waals surface area contributed by atoms with E-state index in [1.54, 1.807) is 25.1 Å². The summed E-state index contributed by atoms with van der Waals surface area (Å²) in [7, 11) is 4.96. The van der Waals surface area contributed by atoms with Crippen molar-refractivity contribution in [3.05, 3.63) is 6.07 Å². The highest BCUT2D eigenvalue weighted by atomic mass is 16.5. The molecule has 7 heteroatoms. The lowest BCUT2D eigenvalue weighted by molar-refractivity contribution is -0.127. The van der Waals surface area contributed by atoms with Crippen molar-refractivity contribution < 1.29 is 9.53 Å². The SMILES string of the molecule is CCCN(CC(=O)N(C)C)c1cc(OC)nc(N)n1. The number of nitrogens with two attached hydrogens (primary N) is 1. The van der Waals surface area contributed by atoms with E-state index in [4.69, 9.17) is 10.5 Å². The van der Waals surface area contributed by atoms with Crippen molar-refractivity contribution in [1.82, 2.24) is 14.9 Å². The molecule has 2 N–H and O–H groups in total. The number of amides is 1. The molecule has 106 valence electrons. The van der Waals surface area contributed by atoms with E-state index in [-0.39, 0.29) is 18.4 Å². The van der Waals surface area contributed by atoms with Gasteiger partial charge in [-0.05, 0) is 6.42 Å². The van der Waals surface area contributed by atoms with Gasteiger partial charge in [-0.1, -0.05) is 6.92 Å². The van der Waals surface area contributed by atoms with E-state index in [2.05, 4.69) is 9.97 Å². The molecule has 19 heavy (non-hydrogen) atoms. The third kappa shape index (κ3) is 4.27. The molecule has 7 nitrogen and oxygen atoms in total. The maximum atomic E-state index is 11.8. The molecule has 1 aromatic heterocycles. The Morgan fingerprint density at radius 1 is 1.42 bits per heavy atom. The number of anilines is 2. The monoisotopic (exact) mass is 267 g/mol. The molecule has 0 fully saturated rings. The quantitative estimate of drug-likeness (QED) is 0.801. The predicted molar refractivity (Wildman–Crippen MR) is 74.2 cm³/mol.